The third-order valence-corrected chi connectivity index (χ3v) is 4.99. The summed E-state index contributed by atoms with van der Waals surface area (Å²) in [6.45, 7) is 7.17. The molecule has 156 valence electrons. The maximum Gasteiger partial charge on any atom is 0.407 e. The van der Waals surface area contributed by atoms with E-state index >= 15 is 0 Å². The number of amides is 1. The van der Waals surface area contributed by atoms with Crippen molar-refractivity contribution in [2.75, 3.05) is 13.1 Å². The molecule has 1 heterocycles. The largest absolute Gasteiger partial charge is 0.444 e. The molecule has 6 heteroatoms. The van der Waals surface area contributed by atoms with Gasteiger partial charge in [0.25, 0.3) is 0 Å². The molecular formula is C23H29FN2O3. The average Bonchev–Trinajstić information content (AvgIpc) is 3.03. The minimum Gasteiger partial charge on any atom is -0.444 e. The number of carbonyl (C=O) groups excluding carboxylic acids is 1. The number of ether oxygens (including phenoxy) is 1. The molecule has 2 aromatic carbocycles. The van der Waals surface area contributed by atoms with Crippen LogP contribution in [-0.4, -0.2) is 40.8 Å². The third kappa shape index (κ3) is 5.78. The highest BCUT2D eigenvalue weighted by molar-refractivity contribution is 5.68. The van der Waals surface area contributed by atoms with Crippen molar-refractivity contribution in [3.05, 3.63) is 71.0 Å². The summed E-state index contributed by atoms with van der Waals surface area (Å²) in [5.74, 6) is -0.567. The van der Waals surface area contributed by atoms with E-state index in [0.29, 0.717) is 30.8 Å². The molecule has 0 saturated carbocycles. The van der Waals surface area contributed by atoms with Crippen molar-refractivity contribution < 1.29 is 19.0 Å². The third-order valence-electron chi connectivity index (χ3n) is 4.99. The van der Waals surface area contributed by atoms with Crippen molar-refractivity contribution >= 4 is 6.09 Å². The predicted octanol–water partition coefficient (Wildman–Crippen LogP) is 3.81. The van der Waals surface area contributed by atoms with E-state index in [1.165, 1.54) is 6.07 Å². The van der Waals surface area contributed by atoms with Crippen LogP contribution in [-0.2, 0) is 17.9 Å². The molecule has 0 aliphatic carbocycles. The number of aliphatic hydroxyl groups is 1. The summed E-state index contributed by atoms with van der Waals surface area (Å²) in [4.78, 5) is 14.6. The summed E-state index contributed by atoms with van der Waals surface area (Å²) in [6, 6.07) is 14.4. The number of nitrogens with zero attached hydrogens (tertiary/aromatic N) is 1. The molecule has 2 N–H and O–H groups in total. The molecule has 0 radical (unpaired) electrons. The van der Waals surface area contributed by atoms with Gasteiger partial charge in [-0.3, -0.25) is 4.90 Å². The Kier molecular flexibility index (Phi) is 6.55. The lowest BCUT2D eigenvalue weighted by atomic mass is 9.92. The van der Waals surface area contributed by atoms with Crippen molar-refractivity contribution in [2.45, 2.75) is 51.5 Å². The maximum absolute atomic E-state index is 14.6. The van der Waals surface area contributed by atoms with Crippen LogP contribution in [0.25, 0.3) is 0 Å². The molecule has 1 aliphatic heterocycles. The van der Waals surface area contributed by atoms with Crippen LogP contribution >= 0.6 is 0 Å². The van der Waals surface area contributed by atoms with Crippen molar-refractivity contribution in [2.24, 2.45) is 0 Å². The van der Waals surface area contributed by atoms with Gasteiger partial charge in [0.2, 0.25) is 0 Å². The van der Waals surface area contributed by atoms with Gasteiger partial charge in [-0.25, -0.2) is 9.18 Å². The Morgan fingerprint density at radius 2 is 1.90 bits per heavy atom. The smallest absolute Gasteiger partial charge is 0.407 e. The number of aliphatic hydroxyl groups excluding tert-OH is 1. The Morgan fingerprint density at radius 3 is 2.55 bits per heavy atom. The van der Waals surface area contributed by atoms with Crippen molar-refractivity contribution in [3.8, 4) is 0 Å². The van der Waals surface area contributed by atoms with E-state index in [1.807, 2.05) is 39.0 Å². The number of rotatable bonds is 5. The second-order valence-electron chi connectivity index (χ2n) is 8.55. The highest BCUT2D eigenvalue weighted by atomic mass is 19.1. The molecule has 0 spiro atoms. The number of alkyl carbamates (subject to hydrolysis) is 1. The minimum atomic E-state index is -0.607. The molecule has 1 fully saturated rings. The van der Waals surface area contributed by atoms with Crippen LogP contribution < -0.4 is 5.32 Å². The number of hydrogen-bond donors (Lipinski definition) is 2. The van der Waals surface area contributed by atoms with Crippen molar-refractivity contribution in [1.29, 1.82) is 0 Å². The molecule has 1 amide bonds. The Hall–Kier alpha value is -2.44. The SMILES string of the molecule is CC(C)(C)OC(=O)N[C@@H]1CN(Cc2ccccc2)C[C@H]1c1cc(CO)ccc1F. The zero-order chi connectivity index (χ0) is 21.0. The molecule has 5 nitrogen and oxygen atoms in total. The number of halogens is 1. The minimum absolute atomic E-state index is 0.155. The normalized spacial score (nSPS) is 19.9. The fourth-order valence-corrected chi connectivity index (χ4v) is 3.75. The lowest BCUT2D eigenvalue weighted by molar-refractivity contribution is 0.0502. The Balaban J connectivity index is 1.82. The molecule has 1 aliphatic rings. The van der Waals surface area contributed by atoms with Gasteiger partial charge in [0, 0.05) is 25.6 Å². The quantitative estimate of drug-likeness (QED) is 0.801. The standard InChI is InChI=1S/C23H29FN2O3/c1-23(2,3)29-22(28)25-21-14-26(12-16-7-5-4-6-8-16)13-19(21)18-11-17(15-27)9-10-20(18)24/h4-11,19,21,27H,12-15H2,1-3H3,(H,25,28)/t19-,21+/m0/s1. The van der Waals surface area contributed by atoms with Gasteiger partial charge in [-0.1, -0.05) is 42.5 Å². The molecule has 0 bridgehead atoms. The summed E-state index contributed by atoms with van der Waals surface area (Å²) in [5, 5.41) is 12.4. The number of benzene rings is 2. The van der Waals surface area contributed by atoms with Gasteiger partial charge >= 0.3 is 6.09 Å². The van der Waals surface area contributed by atoms with Gasteiger partial charge in [0.1, 0.15) is 11.4 Å². The highest BCUT2D eigenvalue weighted by Gasteiger charge is 2.37. The van der Waals surface area contributed by atoms with Gasteiger partial charge in [-0.15, -0.1) is 0 Å². The average molecular weight is 400 g/mol. The van der Waals surface area contributed by atoms with Crippen LogP contribution in [0.2, 0.25) is 0 Å². The van der Waals surface area contributed by atoms with E-state index in [-0.39, 0.29) is 24.4 Å². The van der Waals surface area contributed by atoms with Crippen LogP contribution in [0.3, 0.4) is 0 Å². The molecule has 1 saturated heterocycles. The van der Waals surface area contributed by atoms with E-state index < -0.39 is 11.7 Å². The van der Waals surface area contributed by atoms with Crippen LogP contribution in [0.5, 0.6) is 0 Å². The number of carbonyl (C=O) groups is 1. The topological polar surface area (TPSA) is 61.8 Å². The molecule has 3 rings (SSSR count). The highest BCUT2D eigenvalue weighted by Crippen LogP contribution is 2.31. The summed E-state index contributed by atoms with van der Waals surface area (Å²) >= 11 is 0. The first-order chi connectivity index (χ1) is 13.7. The number of hydrogen-bond acceptors (Lipinski definition) is 4. The van der Waals surface area contributed by atoms with E-state index in [2.05, 4.69) is 22.3 Å². The van der Waals surface area contributed by atoms with E-state index in [9.17, 15) is 14.3 Å². The molecule has 29 heavy (non-hydrogen) atoms. The maximum atomic E-state index is 14.6. The molecule has 0 unspecified atom stereocenters. The van der Waals surface area contributed by atoms with Gasteiger partial charge < -0.3 is 15.2 Å². The van der Waals surface area contributed by atoms with Crippen LogP contribution in [0, 0.1) is 5.82 Å². The first-order valence-electron chi connectivity index (χ1n) is 9.90. The molecule has 2 atom stereocenters. The fourth-order valence-electron chi connectivity index (χ4n) is 3.75. The monoisotopic (exact) mass is 400 g/mol. The van der Waals surface area contributed by atoms with E-state index in [1.54, 1.807) is 12.1 Å². The van der Waals surface area contributed by atoms with Gasteiger partial charge in [-0.2, -0.15) is 0 Å². The summed E-state index contributed by atoms with van der Waals surface area (Å²) in [5.41, 5.74) is 1.71. The van der Waals surface area contributed by atoms with E-state index in [0.717, 1.165) is 5.56 Å². The Labute approximate surface area is 171 Å². The zero-order valence-electron chi connectivity index (χ0n) is 17.2. The van der Waals surface area contributed by atoms with Crippen LogP contribution in [0.4, 0.5) is 9.18 Å². The molecule has 2 aromatic rings. The second-order valence-corrected chi connectivity index (χ2v) is 8.55. The summed E-state index contributed by atoms with van der Waals surface area (Å²) in [7, 11) is 0. The number of nitrogens with one attached hydrogen (secondary N) is 1. The van der Waals surface area contributed by atoms with Crippen LogP contribution in [0.15, 0.2) is 48.5 Å². The van der Waals surface area contributed by atoms with Crippen LogP contribution in [0.1, 0.15) is 43.4 Å². The lowest BCUT2D eigenvalue weighted by Crippen LogP contribution is -2.42. The lowest BCUT2D eigenvalue weighted by Gasteiger charge is -2.24. The first kappa shape index (κ1) is 21.3. The van der Waals surface area contributed by atoms with E-state index in [4.69, 9.17) is 4.74 Å². The van der Waals surface area contributed by atoms with Crippen molar-refractivity contribution in [3.63, 3.8) is 0 Å². The Morgan fingerprint density at radius 1 is 1.17 bits per heavy atom. The Bertz CT molecular complexity index is 836. The molecule has 0 aromatic heterocycles. The van der Waals surface area contributed by atoms with Gasteiger partial charge in [-0.05, 0) is 43.5 Å². The van der Waals surface area contributed by atoms with Gasteiger partial charge in [0.05, 0.1) is 12.6 Å². The fraction of sp³-hybridized carbons (Fsp3) is 0.435. The van der Waals surface area contributed by atoms with Crippen molar-refractivity contribution in [1.82, 2.24) is 10.2 Å². The predicted molar refractivity (Wildman–Crippen MR) is 110 cm³/mol. The number of likely N-dealkylation sites (tertiary alicyclic amines) is 1. The van der Waals surface area contributed by atoms with Gasteiger partial charge in [0.15, 0.2) is 0 Å². The molecular weight excluding hydrogens is 371 g/mol. The first-order valence-corrected chi connectivity index (χ1v) is 9.90. The zero-order valence-corrected chi connectivity index (χ0v) is 17.2. The second kappa shape index (κ2) is 8.93. The summed E-state index contributed by atoms with van der Waals surface area (Å²) < 4.78 is 20.1. The summed E-state index contributed by atoms with van der Waals surface area (Å²) in [6.07, 6.45) is -0.507.